The Balaban J connectivity index is 1.85. The van der Waals surface area contributed by atoms with E-state index in [-0.39, 0.29) is 5.56 Å². The Morgan fingerprint density at radius 1 is 0.917 bits per heavy atom. The normalized spacial score (nSPS) is 10.9. The molecule has 1 N–H and O–H groups in total. The lowest BCUT2D eigenvalue weighted by atomic mass is 10.2. The minimum atomic E-state index is -0.955. The molecule has 0 saturated heterocycles. The molecule has 0 aliphatic carbocycles. The molecule has 24 heavy (non-hydrogen) atoms. The molecule has 0 bridgehead atoms. The minimum Gasteiger partial charge on any atom is -0.494 e. The van der Waals surface area contributed by atoms with Crippen LogP contribution >= 0.6 is 0 Å². The van der Waals surface area contributed by atoms with Crippen LogP contribution < -0.4 is 4.74 Å². The average Bonchev–Trinajstić information content (AvgIpc) is 2.61. The van der Waals surface area contributed by atoms with Gasteiger partial charge >= 0.3 is 5.97 Å². The van der Waals surface area contributed by atoms with E-state index in [4.69, 9.17) is 9.84 Å². The van der Waals surface area contributed by atoms with Crippen LogP contribution in [0.2, 0.25) is 0 Å². The summed E-state index contributed by atoms with van der Waals surface area (Å²) >= 11 is 0. The molecule has 0 heterocycles. The van der Waals surface area contributed by atoms with Gasteiger partial charge in [-0.1, -0.05) is 26.2 Å². The molecule has 2 rings (SSSR count). The second-order valence-corrected chi connectivity index (χ2v) is 5.46. The van der Waals surface area contributed by atoms with Crippen molar-refractivity contribution in [2.75, 3.05) is 6.61 Å². The number of hydrogen-bond donors (Lipinski definition) is 1. The third-order valence-electron chi connectivity index (χ3n) is 3.50. The maximum Gasteiger partial charge on any atom is 0.335 e. The zero-order valence-electron chi connectivity index (χ0n) is 13.8. The number of carbonyl (C=O) groups is 1. The molecule has 0 radical (unpaired) electrons. The van der Waals surface area contributed by atoms with E-state index < -0.39 is 5.97 Å². The lowest BCUT2D eigenvalue weighted by Crippen LogP contribution is -1.96. The fourth-order valence-electron chi connectivity index (χ4n) is 2.11. The number of hydrogen-bond acceptors (Lipinski definition) is 4. The molecule has 5 heteroatoms. The van der Waals surface area contributed by atoms with Gasteiger partial charge in [0.05, 0.1) is 23.5 Å². The Bertz CT molecular complexity index is 664. The fraction of sp³-hybridized carbons (Fsp3) is 0.316. The van der Waals surface area contributed by atoms with Gasteiger partial charge in [0.15, 0.2) is 0 Å². The number of aromatic carboxylic acids is 1. The quantitative estimate of drug-likeness (QED) is 0.470. The van der Waals surface area contributed by atoms with Crippen molar-refractivity contribution in [3.05, 3.63) is 54.1 Å². The number of ether oxygens (including phenoxy) is 1. The van der Waals surface area contributed by atoms with Crippen LogP contribution in [-0.4, -0.2) is 17.7 Å². The van der Waals surface area contributed by atoms with Gasteiger partial charge in [0.1, 0.15) is 5.75 Å². The topological polar surface area (TPSA) is 71.2 Å². The van der Waals surface area contributed by atoms with E-state index in [9.17, 15) is 4.79 Å². The molecule has 0 aromatic heterocycles. The van der Waals surface area contributed by atoms with E-state index in [1.807, 2.05) is 24.3 Å². The van der Waals surface area contributed by atoms with Crippen LogP contribution in [0.3, 0.4) is 0 Å². The number of nitrogens with zero attached hydrogens (tertiary/aromatic N) is 2. The van der Waals surface area contributed by atoms with Gasteiger partial charge in [0, 0.05) is 0 Å². The van der Waals surface area contributed by atoms with Gasteiger partial charge in [0.25, 0.3) is 0 Å². The summed E-state index contributed by atoms with van der Waals surface area (Å²) in [5.74, 6) is -0.125. The van der Waals surface area contributed by atoms with Gasteiger partial charge in [-0.2, -0.15) is 10.2 Å². The van der Waals surface area contributed by atoms with Crippen molar-refractivity contribution < 1.29 is 14.6 Å². The largest absolute Gasteiger partial charge is 0.494 e. The Morgan fingerprint density at radius 2 is 1.50 bits per heavy atom. The van der Waals surface area contributed by atoms with Crippen LogP contribution in [0.4, 0.5) is 11.4 Å². The monoisotopic (exact) mass is 326 g/mol. The molecule has 0 saturated carbocycles. The lowest BCUT2D eigenvalue weighted by molar-refractivity contribution is 0.0697. The molecule has 0 fully saturated rings. The minimum absolute atomic E-state index is 0.231. The van der Waals surface area contributed by atoms with E-state index in [1.54, 1.807) is 12.1 Å². The van der Waals surface area contributed by atoms with E-state index in [0.29, 0.717) is 5.69 Å². The molecule has 0 spiro atoms. The van der Waals surface area contributed by atoms with Crippen molar-refractivity contribution in [1.82, 2.24) is 0 Å². The van der Waals surface area contributed by atoms with Crippen LogP contribution in [0.5, 0.6) is 5.75 Å². The number of carboxylic acids is 1. The predicted molar refractivity (Wildman–Crippen MR) is 93.7 cm³/mol. The number of benzene rings is 2. The van der Waals surface area contributed by atoms with Gasteiger partial charge in [-0.3, -0.25) is 0 Å². The van der Waals surface area contributed by atoms with Crippen molar-refractivity contribution in [3.63, 3.8) is 0 Å². The Labute approximate surface area is 142 Å². The van der Waals surface area contributed by atoms with E-state index >= 15 is 0 Å². The highest BCUT2D eigenvalue weighted by Gasteiger charge is 2.01. The third kappa shape index (κ3) is 5.83. The van der Waals surface area contributed by atoms with Crippen LogP contribution in [0.1, 0.15) is 43.0 Å². The highest BCUT2D eigenvalue weighted by molar-refractivity contribution is 5.87. The van der Waals surface area contributed by atoms with Crippen LogP contribution in [0.15, 0.2) is 58.8 Å². The summed E-state index contributed by atoms with van der Waals surface area (Å²) < 4.78 is 5.68. The number of unbranched alkanes of at least 4 members (excludes halogenated alkanes) is 3. The summed E-state index contributed by atoms with van der Waals surface area (Å²) in [5.41, 5.74) is 1.56. The van der Waals surface area contributed by atoms with Gasteiger partial charge in [-0.15, -0.1) is 0 Å². The highest BCUT2D eigenvalue weighted by atomic mass is 16.5. The van der Waals surface area contributed by atoms with Crippen molar-refractivity contribution in [2.24, 2.45) is 10.2 Å². The zero-order chi connectivity index (χ0) is 17.2. The molecular formula is C19H22N2O3. The second-order valence-electron chi connectivity index (χ2n) is 5.46. The van der Waals surface area contributed by atoms with Gasteiger partial charge in [-0.25, -0.2) is 4.79 Å². The maximum absolute atomic E-state index is 10.8. The molecule has 0 amide bonds. The summed E-state index contributed by atoms with van der Waals surface area (Å²) in [6, 6.07) is 13.7. The first-order valence-electron chi connectivity index (χ1n) is 8.17. The Kier molecular flexibility index (Phi) is 6.95. The summed E-state index contributed by atoms with van der Waals surface area (Å²) in [5, 5.41) is 17.1. The smallest absolute Gasteiger partial charge is 0.335 e. The van der Waals surface area contributed by atoms with E-state index in [1.165, 1.54) is 31.4 Å². The molecular weight excluding hydrogens is 304 g/mol. The molecule has 2 aromatic carbocycles. The number of rotatable bonds is 9. The second kappa shape index (κ2) is 9.45. The molecule has 0 aliphatic rings. The maximum atomic E-state index is 10.8. The molecule has 126 valence electrons. The predicted octanol–water partition coefficient (Wildman–Crippen LogP) is 5.76. The van der Waals surface area contributed by atoms with Crippen LogP contribution in [-0.2, 0) is 0 Å². The number of carboxylic acid groups (broad SMARTS) is 1. The highest BCUT2D eigenvalue weighted by Crippen LogP contribution is 2.21. The van der Waals surface area contributed by atoms with Gasteiger partial charge in [-0.05, 0) is 55.0 Å². The van der Waals surface area contributed by atoms with Crippen molar-refractivity contribution in [1.29, 1.82) is 0 Å². The number of azo groups is 1. The van der Waals surface area contributed by atoms with Crippen LogP contribution in [0, 0.1) is 0 Å². The van der Waals surface area contributed by atoms with Crippen LogP contribution in [0.25, 0.3) is 0 Å². The van der Waals surface area contributed by atoms with E-state index in [2.05, 4.69) is 17.2 Å². The third-order valence-corrected chi connectivity index (χ3v) is 3.50. The first-order chi connectivity index (χ1) is 11.7. The van der Waals surface area contributed by atoms with E-state index in [0.717, 1.165) is 24.5 Å². The molecule has 0 aliphatic heterocycles. The van der Waals surface area contributed by atoms with Gasteiger partial charge in [0.2, 0.25) is 0 Å². The fourth-order valence-corrected chi connectivity index (χ4v) is 2.11. The SMILES string of the molecule is CCCCCCOc1ccc(N=Nc2ccc(C(=O)O)cc2)cc1. The molecule has 5 nitrogen and oxygen atoms in total. The van der Waals surface area contributed by atoms with Crippen molar-refractivity contribution >= 4 is 17.3 Å². The van der Waals surface area contributed by atoms with Gasteiger partial charge < -0.3 is 9.84 Å². The summed E-state index contributed by atoms with van der Waals surface area (Å²) in [6.45, 7) is 2.92. The first-order valence-corrected chi connectivity index (χ1v) is 8.17. The van der Waals surface area contributed by atoms with Crippen molar-refractivity contribution in [3.8, 4) is 5.75 Å². The summed E-state index contributed by atoms with van der Waals surface area (Å²) in [7, 11) is 0. The lowest BCUT2D eigenvalue weighted by Gasteiger charge is -2.05. The summed E-state index contributed by atoms with van der Waals surface area (Å²) in [6.07, 6.45) is 4.74. The standard InChI is InChI=1S/C19H22N2O3/c1-2-3-4-5-14-24-18-12-10-17(11-13-18)21-20-16-8-6-15(7-9-16)19(22)23/h6-13H,2-5,14H2,1H3,(H,22,23). The van der Waals surface area contributed by atoms with Crippen molar-refractivity contribution in [2.45, 2.75) is 32.6 Å². The average molecular weight is 326 g/mol. The Morgan fingerprint density at radius 3 is 2.04 bits per heavy atom. The molecule has 2 aromatic rings. The first kappa shape index (κ1) is 17.7. The Hall–Kier alpha value is -2.69. The molecule has 0 atom stereocenters. The summed E-state index contributed by atoms with van der Waals surface area (Å²) in [4.78, 5) is 10.8. The zero-order valence-corrected chi connectivity index (χ0v) is 13.8. The molecule has 0 unspecified atom stereocenters.